The van der Waals surface area contributed by atoms with Crippen molar-refractivity contribution in [3.8, 4) is 0 Å². The minimum atomic E-state index is -0.316. The zero-order valence-electron chi connectivity index (χ0n) is 9.75. The molecule has 0 spiro atoms. The highest BCUT2D eigenvalue weighted by molar-refractivity contribution is 9.09. The number of rotatable bonds is 1. The monoisotopic (exact) mass is 299 g/mol. The highest BCUT2D eigenvalue weighted by atomic mass is 79.9. The third-order valence-corrected chi connectivity index (χ3v) is 3.82. The average molecular weight is 300 g/mol. The predicted molar refractivity (Wildman–Crippen MR) is 69.0 cm³/mol. The summed E-state index contributed by atoms with van der Waals surface area (Å²) in [4.78, 5) is 14.3. The maximum absolute atomic E-state index is 13.4. The van der Waals surface area contributed by atoms with Crippen LogP contribution < -0.4 is 0 Å². The Labute approximate surface area is 109 Å². The molecule has 1 amide bonds. The van der Waals surface area contributed by atoms with Gasteiger partial charge in [-0.3, -0.25) is 4.79 Å². The molecule has 1 fully saturated rings. The van der Waals surface area contributed by atoms with Gasteiger partial charge in [-0.2, -0.15) is 0 Å². The summed E-state index contributed by atoms with van der Waals surface area (Å²) < 4.78 is 13.4. The van der Waals surface area contributed by atoms with Crippen LogP contribution in [0.1, 0.15) is 28.8 Å². The lowest BCUT2D eigenvalue weighted by Gasteiger charge is -2.30. The van der Waals surface area contributed by atoms with Crippen molar-refractivity contribution >= 4 is 21.8 Å². The molecule has 92 valence electrons. The minimum absolute atomic E-state index is 0.0759. The number of hydrogen-bond donors (Lipinski definition) is 0. The first-order valence-electron chi connectivity index (χ1n) is 5.77. The number of aryl methyl sites for hydroxylation is 1. The minimum Gasteiger partial charge on any atom is -0.338 e. The maximum atomic E-state index is 13.4. The van der Waals surface area contributed by atoms with Crippen molar-refractivity contribution in [2.75, 3.05) is 13.1 Å². The second kappa shape index (κ2) is 5.17. The van der Waals surface area contributed by atoms with Crippen molar-refractivity contribution in [1.82, 2.24) is 4.90 Å². The SMILES string of the molecule is Cc1ccc(C(=O)N2CCCC(Br)C2)cc1F. The Kier molecular flexibility index (Phi) is 3.82. The molecule has 0 aromatic heterocycles. The zero-order valence-corrected chi connectivity index (χ0v) is 11.3. The van der Waals surface area contributed by atoms with Gasteiger partial charge in [0.1, 0.15) is 5.82 Å². The van der Waals surface area contributed by atoms with Crippen LogP contribution in [-0.2, 0) is 0 Å². The fourth-order valence-corrected chi connectivity index (χ4v) is 2.69. The van der Waals surface area contributed by atoms with Crippen molar-refractivity contribution in [3.05, 3.63) is 35.1 Å². The molecule has 1 aromatic rings. The molecule has 1 aromatic carbocycles. The number of carbonyl (C=O) groups excluding carboxylic acids is 1. The predicted octanol–water partition coefficient (Wildman–Crippen LogP) is 3.13. The largest absolute Gasteiger partial charge is 0.338 e. The van der Waals surface area contributed by atoms with Crippen LogP contribution in [0.5, 0.6) is 0 Å². The standard InChI is InChI=1S/C13H15BrFNO/c1-9-4-5-10(7-12(9)15)13(17)16-6-2-3-11(14)8-16/h4-5,7,11H,2-3,6,8H2,1H3. The van der Waals surface area contributed by atoms with Gasteiger partial charge < -0.3 is 4.90 Å². The van der Waals surface area contributed by atoms with Crippen LogP contribution in [0.15, 0.2) is 18.2 Å². The first kappa shape index (κ1) is 12.6. The van der Waals surface area contributed by atoms with Crippen molar-refractivity contribution in [1.29, 1.82) is 0 Å². The third kappa shape index (κ3) is 2.86. The van der Waals surface area contributed by atoms with E-state index in [4.69, 9.17) is 0 Å². The lowest BCUT2D eigenvalue weighted by atomic mass is 10.1. The Morgan fingerprint density at radius 3 is 2.94 bits per heavy atom. The summed E-state index contributed by atoms with van der Waals surface area (Å²) in [7, 11) is 0. The zero-order chi connectivity index (χ0) is 12.4. The average Bonchev–Trinajstić information content (AvgIpc) is 2.32. The van der Waals surface area contributed by atoms with E-state index in [1.165, 1.54) is 6.07 Å². The van der Waals surface area contributed by atoms with Crippen molar-refractivity contribution < 1.29 is 9.18 Å². The van der Waals surface area contributed by atoms with Gasteiger partial charge in [-0.05, 0) is 37.5 Å². The summed E-state index contributed by atoms with van der Waals surface area (Å²) in [5.41, 5.74) is 1.01. The van der Waals surface area contributed by atoms with Crippen LogP contribution in [0.2, 0.25) is 0 Å². The molecular formula is C13H15BrFNO. The van der Waals surface area contributed by atoms with E-state index in [0.29, 0.717) is 22.5 Å². The van der Waals surface area contributed by atoms with Crippen LogP contribution in [0.4, 0.5) is 4.39 Å². The molecule has 1 atom stereocenters. The molecule has 0 aliphatic carbocycles. The Balaban J connectivity index is 2.15. The quantitative estimate of drug-likeness (QED) is 0.730. The van der Waals surface area contributed by atoms with Gasteiger partial charge >= 0.3 is 0 Å². The number of alkyl halides is 1. The van der Waals surface area contributed by atoms with E-state index >= 15 is 0 Å². The Hall–Kier alpha value is -0.900. The van der Waals surface area contributed by atoms with Crippen LogP contribution in [0.25, 0.3) is 0 Å². The van der Waals surface area contributed by atoms with E-state index in [2.05, 4.69) is 15.9 Å². The molecule has 17 heavy (non-hydrogen) atoms. The molecule has 4 heteroatoms. The molecule has 0 N–H and O–H groups in total. The van der Waals surface area contributed by atoms with E-state index in [9.17, 15) is 9.18 Å². The Bertz CT molecular complexity index is 435. The number of piperidine rings is 1. The number of nitrogens with zero attached hydrogens (tertiary/aromatic N) is 1. The van der Waals surface area contributed by atoms with Gasteiger partial charge in [0.25, 0.3) is 5.91 Å². The maximum Gasteiger partial charge on any atom is 0.253 e. The van der Waals surface area contributed by atoms with Crippen molar-refractivity contribution in [3.63, 3.8) is 0 Å². The van der Waals surface area contributed by atoms with Crippen molar-refractivity contribution in [2.24, 2.45) is 0 Å². The van der Waals surface area contributed by atoms with E-state index < -0.39 is 0 Å². The Morgan fingerprint density at radius 1 is 1.53 bits per heavy atom. The number of amides is 1. The molecule has 1 saturated heterocycles. The molecule has 1 unspecified atom stereocenters. The van der Waals surface area contributed by atoms with Gasteiger partial charge in [-0.25, -0.2) is 4.39 Å². The van der Waals surface area contributed by atoms with Crippen LogP contribution >= 0.6 is 15.9 Å². The second-order valence-corrected chi connectivity index (χ2v) is 5.75. The molecular weight excluding hydrogens is 285 g/mol. The fourth-order valence-electron chi connectivity index (χ4n) is 2.02. The van der Waals surface area contributed by atoms with Crippen LogP contribution in [0, 0.1) is 12.7 Å². The number of halogens is 2. The Morgan fingerprint density at radius 2 is 2.29 bits per heavy atom. The van der Waals surface area contributed by atoms with E-state index in [1.807, 2.05) is 0 Å². The van der Waals surface area contributed by atoms with Crippen LogP contribution in [-0.4, -0.2) is 28.7 Å². The highest BCUT2D eigenvalue weighted by Gasteiger charge is 2.23. The van der Waals surface area contributed by atoms with Gasteiger partial charge in [0.05, 0.1) is 0 Å². The topological polar surface area (TPSA) is 20.3 Å². The summed E-state index contributed by atoms with van der Waals surface area (Å²) in [6.45, 7) is 3.16. The fraction of sp³-hybridized carbons (Fsp3) is 0.462. The van der Waals surface area contributed by atoms with Crippen molar-refractivity contribution in [2.45, 2.75) is 24.6 Å². The van der Waals surface area contributed by atoms with Gasteiger partial charge in [0.15, 0.2) is 0 Å². The summed E-state index contributed by atoms with van der Waals surface area (Å²) in [6.07, 6.45) is 2.09. The van der Waals surface area contributed by atoms with Gasteiger partial charge in [-0.1, -0.05) is 22.0 Å². The third-order valence-electron chi connectivity index (χ3n) is 3.07. The van der Waals surface area contributed by atoms with E-state index in [0.717, 1.165) is 19.4 Å². The van der Waals surface area contributed by atoms with Gasteiger partial charge in [0, 0.05) is 23.5 Å². The lowest BCUT2D eigenvalue weighted by Crippen LogP contribution is -2.40. The molecule has 1 heterocycles. The summed E-state index contributed by atoms with van der Waals surface area (Å²) in [5, 5.41) is 0. The van der Waals surface area contributed by atoms with E-state index in [-0.39, 0.29) is 11.7 Å². The number of likely N-dealkylation sites (tertiary alicyclic amines) is 1. The number of hydrogen-bond acceptors (Lipinski definition) is 1. The summed E-state index contributed by atoms with van der Waals surface area (Å²) >= 11 is 3.53. The highest BCUT2D eigenvalue weighted by Crippen LogP contribution is 2.19. The van der Waals surface area contributed by atoms with Gasteiger partial charge in [-0.15, -0.1) is 0 Å². The molecule has 0 radical (unpaired) electrons. The normalized spacial score (nSPS) is 20.4. The van der Waals surface area contributed by atoms with Crippen LogP contribution in [0.3, 0.4) is 0 Å². The van der Waals surface area contributed by atoms with E-state index in [1.54, 1.807) is 24.0 Å². The molecule has 0 bridgehead atoms. The molecule has 1 aliphatic heterocycles. The number of benzene rings is 1. The molecule has 1 aliphatic rings. The lowest BCUT2D eigenvalue weighted by molar-refractivity contribution is 0.0729. The molecule has 2 nitrogen and oxygen atoms in total. The first-order valence-corrected chi connectivity index (χ1v) is 6.69. The molecule has 2 rings (SSSR count). The smallest absolute Gasteiger partial charge is 0.253 e. The summed E-state index contributed by atoms with van der Waals surface area (Å²) in [6, 6.07) is 4.67. The summed E-state index contributed by atoms with van der Waals surface area (Å²) in [5.74, 6) is -0.392. The second-order valence-electron chi connectivity index (χ2n) is 4.45. The first-order chi connectivity index (χ1) is 8.08. The van der Waals surface area contributed by atoms with Gasteiger partial charge in [0.2, 0.25) is 0 Å². The number of carbonyl (C=O) groups is 1. The molecule has 0 saturated carbocycles.